The summed E-state index contributed by atoms with van der Waals surface area (Å²) in [5, 5.41) is 0. The fourth-order valence-electron chi connectivity index (χ4n) is 4.51. The summed E-state index contributed by atoms with van der Waals surface area (Å²) < 4.78 is 1.95. The number of hydrogen-bond donors (Lipinski definition) is 0. The van der Waals surface area contributed by atoms with Gasteiger partial charge in [-0.25, -0.2) is 0 Å². The van der Waals surface area contributed by atoms with Gasteiger partial charge in [0.15, 0.2) is 0 Å². The summed E-state index contributed by atoms with van der Waals surface area (Å²) in [5.41, 5.74) is 2.41. The average molecular weight is 377 g/mol. The minimum atomic E-state index is 0.0259. The van der Waals surface area contributed by atoms with Gasteiger partial charge in [0.2, 0.25) is 5.91 Å². The molecule has 0 spiro atoms. The van der Waals surface area contributed by atoms with Gasteiger partial charge in [0.1, 0.15) is 0 Å². The van der Waals surface area contributed by atoms with Crippen LogP contribution in [0.1, 0.15) is 23.6 Å². The molecule has 2 atom stereocenters. The van der Waals surface area contributed by atoms with Crippen LogP contribution in [0.15, 0.2) is 65.5 Å². The second kappa shape index (κ2) is 8.15. The third-order valence-electron chi connectivity index (χ3n) is 5.82. The van der Waals surface area contributed by atoms with Crippen LogP contribution in [0, 0.1) is 5.92 Å². The zero-order valence-corrected chi connectivity index (χ0v) is 16.3. The maximum atomic E-state index is 12.4. The molecule has 0 N–H and O–H groups in total. The van der Waals surface area contributed by atoms with Crippen LogP contribution in [-0.4, -0.2) is 47.0 Å². The number of piperidine rings is 1. The van der Waals surface area contributed by atoms with E-state index in [9.17, 15) is 9.59 Å². The number of likely N-dealkylation sites (tertiary alicyclic amines) is 1. The Balaban J connectivity index is 1.33. The fraction of sp³-hybridized carbons (Fsp3) is 0.391. The van der Waals surface area contributed by atoms with Gasteiger partial charge in [0.05, 0.1) is 0 Å². The van der Waals surface area contributed by atoms with Crippen molar-refractivity contribution < 1.29 is 4.79 Å². The van der Waals surface area contributed by atoms with E-state index in [1.165, 1.54) is 0 Å². The first kappa shape index (κ1) is 18.7. The van der Waals surface area contributed by atoms with Gasteiger partial charge in [-0.3, -0.25) is 14.5 Å². The van der Waals surface area contributed by atoms with Crippen molar-refractivity contribution in [3.8, 4) is 0 Å². The van der Waals surface area contributed by atoms with E-state index >= 15 is 0 Å². The Morgan fingerprint density at radius 2 is 1.93 bits per heavy atom. The molecule has 2 aliphatic heterocycles. The highest BCUT2D eigenvalue weighted by molar-refractivity contribution is 5.87. The van der Waals surface area contributed by atoms with Crippen LogP contribution in [0.3, 0.4) is 0 Å². The summed E-state index contributed by atoms with van der Waals surface area (Å²) in [7, 11) is 1.83. The number of likely N-dealkylation sites (N-methyl/N-ethyl adjacent to an activating group) is 1. The Hall–Kier alpha value is -2.66. The van der Waals surface area contributed by atoms with Gasteiger partial charge in [0, 0.05) is 63.5 Å². The molecule has 0 radical (unpaired) electrons. The van der Waals surface area contributed by atoms with Crippen LogP contribution in [-0.2, 0) is 17.9 Å². The molecule has 4 rings (SSSR count). The summed E-state index contributed by atoms with van der Waals surface area (Å²) in [6.45, 7) is 4.12. The van der Waals surface area contributed by atoms with Crippen LogP contribution in [0.4, 0.5) is 0 Å². The highest BCUT2D eigenvalue weighted by atomic mass is 16.2. The lowest BCUT2D eigenvalue weighted by Crippen LogP contribution is -2.47. The summed E-state index contributed by atoms with van der Waals surface area (Å²) in [4.78, 5) is 28.6. The molecule has 146 valence electrons. The molecule has 5 heteroatoms. The van der Waals surface area contributed by atoms with Gasteiger partial charge < -0.3 is 9.47 Å². The zero-order chi connectivity index (χ0) is 19.5. The van der Waals surface area contributed by atoms with Crippen LogP contribution in [0.2, 0.25) is 0 Å². The Bertz CT molecular complexity index is 919. The van der Waals surface area contributed by atoms with Crippen LogP contribution in [0.25, 0.3) is 0 Å². The Labute approximate surface area is 165 Å². The average Bonchev–Trinajstić information content (AvgIpc) is 2.69. The van der Waals surface area contributed by atoms with Crippen molar-refractivity contribution in [3.63, 3.8) is 0 Å². The monoisotopic (exact) mass is 377 g/mol. The molecule has 0 aliphatic carbocycles. The number of carbonyl (C=O) groups excluding carboxylic acids is 1. The number of nitrogens with zero attached hydrogens (tertiary/aromatic N) is 3. The molecule has 1 fully saturated rings. The van der Waals surface area contributed by atoms with Crippen molar-refractivity contribution in [1.29, 1.82) is 0 Å². The largest absolute Gasteiger partial charge is 0.338 e. The van der Waals surface area contributed by atoms with Crippen LogP contribution < -0.4 is 5.56 Å². The highest BCUT2D eigenvalue weighted by Crippen LogP contribution is 2.34. The van der Waals surface area contributed by atoms with E-state index in [-0.39, 0.29) is 11.5 Å². The lowest BCUT2D eigenvalue weighted by molar-refractivity contribution is -0.125. The minimum absolute atomic E-state index is 0.0259. The maximum absolute atomic E-state index is 12.4. The number of carbonyl (C=O) groups is 1. The number of hydrogen-bond acceptors (Lipinski definition) is 3. The molecule has 2 bridgehead atoms. The van der Waals surface area contributed by atoms with E-state index in [1.807, 2.05) is 54.1 Å². The van der Waals surface area contributed by atoms with E-state index in [2.05, 4.69) is 11.0 Å². The van der Waals surface area contributed by atoms with E-state index in [1.54, 1.807) is 17.0 Å². The van der Waals surface area contributed by atoms with Crippen LogP contribution in [0.5, 0.6) is 0 Å². The van der Waals surface area contributed by atoms with Crippen molar-refractivity contribution in [1.82, 2.24) is 14.4 Å². The topological polar surface area (TPSA) is 45.6 Å². The number of aromatic nitrogens is 1. The lowest BCUT2D eigenvalue weighted by atomic mass is 9.83. The van der Waals surface area contributed by atoms with Crippen molar-refractivity contribution in [3.05, 3.63) is 82.3 Å². The van der Waals surface area contributed by atoms with Gasteiger partial charge >= 0.3 is 0 Å². The number of amides is 1. The number of fused-ring (bicyclic) bond motifs is 4. The predicted octanol–water partition coefficient (Wildman–Crippen LogP) is 2.48. The molecule has 5 nitrogen and oxygen atoms in total. The summed E-state index contributed by atoms with van der Waals surface area (Å²) >= 11 is 0. The normalized spacial score (nSPS) is 21.5. The van der Waals surface area contributed by atoms with Crippen molar-refractivity contribution in [2.75, 3.05) is 26.7 Å². The van der Waals surface area contributed by atoms with Crippen molar-refractivity contribution in [2.24, 2.45) is 5.92 Å². The molecular formula is C23H27N3O2. The van der Waals surface area contributed by atoms with Gasteiger partial charge in [-0.15, -0.1) is 0 Å². The summed E-state index contributed by atoms with van der Waals surface area (Å²) in [6, 6.07) is 15.6. The van der Waals surface area contributed by atoms with Crippen molar-refractivity contribution >= 4 is 5.91 Å². The molecule has 1 aromatic heterocycles. The molecule has 1 saturated heterocycles. The van der Waals surface area contributed by atoms with E-state index < -0.39 is 0 Å². The van der Waals surface area contributed by atoms with Crippen molar-refractivity contribution in [2.45, 2.75) is 25.4 Å². The smallest absolute Gasteiger partial charge is 0.250 e. The third-order valence-corrected chi connectivity index (χ3v) is 5.82. The number of rotatable bonds is 5. The fourth-order valence-corrected chi connectivity index (χ4v) is 4.51. The number of pyridine rings is 1. The molecule has 28 heavy (non-hydrogen) atoms. The van der Waals surface area contributed by atoms with E-state index in [0.29, 0.717) is 18.4 Å². The molecule has 0 saturated carbocycles. The SMILES string of the molecule is CN(Cc1ccccc1)C(=O)C=CCN1CC2CC(C1)c1cccc(=O)n1C2. The third kappa shape index (κ3) is 4.09. The second-order valence-electron chi connectivity index (χ2n) is 8.00. The quantitative estimate of drug-likeness (QED) is 0.752. The maximum Gasteiger partial charge on any atom is 0.250 e. The van der Waals surface area contributed by atoms with Gasteiger partial charge in [-0.1, -0.05) is 42.5 Å². The Kier molecular flexibility index (Phi) is 5.44. The molecular weight excluding hydrogens is 350 g/mol. The Morgan fingerprint density at radius 3 is 2.75 bits per heavy atom. The van der Waals surface area contributed by atoms with Gasteiger partial charge in [-0.05, 0) is 24.0 Å². The zero-order valence-electron chi connectivity index (χ0n) is 16.3. The number of benzene rings is 1. The highest BCUT2D eigenvalue weighted by Gasteiger charge is 2.33. The van der Waals surface area contributed by atoms with E-state index in [4.69, 9.17) is 0 Å². The second-order valence-corrected chi connectivity index (χ2v) is 8.00. The molecule has 2 aliphatic rings. The first-order valence-electron chi connectivity index (χ1n) is 9.98. The molecule has 1 amide bonds. The molecule has 1 aromatic carbocycles. The molecule has 3 heterocycles. The molecule has 2 aromatic rings. The first-order chi connectivity index (χ1) is 13.6. The minimum Gasteiger partial charge on any atom is -0.338 e. The lowest BCUT2D eigenvalue weighted by Gasteiger charge is -2.42. The molecule has 2 unspecified atom stereocenters. The van der Waals surface area contributed by atoms with E-state index in [0.717, 1.165) is 43.9 Å². The summed E-state index contributed by atoms with van der Waals surface area (Å²) in [5.74, 6) is 0.945. The summed E-state index contributed by atoms with van der Waals surface area (Å²) in [6.07, 6.45) is 4.82. The van der Waals surface area contributed by atoms with Gasteiger partial charge in [-0.2, -0.15) is 0 Å². The Morgan fingerprint density at radius 1 is 1.11 bits per heavy atom. The standard InChI is InChI=1S/C23H27N3O2/c1-24(14-18-7-3-2-4-8-18)22(27)11-6-12-25-15-19-13-20(17-25)21-9-5-10-23(28)26(21)16-19/h2-11,19-20H,12-17H2,1H3. The predicted molar refractivity (Wildman–Crippen MR) is 110 cm³/mol. The van der Waals surface area contributed by atoms with Crippen LogP contribution >= 0.6 is 0 Å². The van der Waals surface area contributed by atoms with Gasteiger partial charge in [0.25, 0.3) is 5.56 Å². The first-order valence-corrected chi connectivity index (χ1v) is 9.98.